The van der Waals surface area contributed by atoms with Crippen molar-refractivity contribution in [2.24, 2.45) is 0 Å². The summed E-state index contributed by atoms with van der Waals surface area (Å²) in [5.74, 6) is 0.722. The zero-order valence-corrected chi connectivity index (χ0v) is 17.7. The average molecular weight is 415 g/mol. The SMILES string of the molecule is CCCn1c(S[C@H](C)C(=O)Nc2ccc(C)cc2)nnc1-c1ccc(Cl)cc1. The first-order valence-electron chi connectivity index (χ1n) is 9.21. The first-order valence-corrected chi connectivity index (χ1v) is 10.5. The van der Waals surface area contributed by atoms with E-state index >= 15 is 0 Å². The van der Waals surface area contributed by atoms with Gasteiger partial charge in [0.25, 0.3) is 0 Å². The van der Waals surface area contributed by atoms with Crippen molar-refractivity contribution in [3.8, 4) is 11.4 Å². The van der Waals surface area contributed by atoms with Gasteiger partial charge < -0.3 is 9.88 Å². The molecule has 0 radical (unpaired) electrons. The molecular formula is C21H23ClN4OS. The molecule has 28 heavy (non-hydrogen) atoms. The predicted octanol–water partition coefficient (Wildman–Crippen LogP) is 5.44. The number of nitrogens with zero attached hydrogens (tertiary/aromatic N) is 3. The average Bonchev–Trinajstić information content (AvgIpc) is 3.07. The zero-order chi connectivity index (χ0) is 20.1. The van der Waals surface area contributed by atoms with Gasteiger partial charge in [-0.2, -0.15) is 0 Å². The van der Waals surface area contributed by atoms with Crippen molar-refractivity contribution in [2.45, 2.75) is 44.1 Å². The number of aryl methyl sites for hydroxylation is 1. The molecule has 7 heteroatoms. The number of anilines is 1. The molecule has 0 aliphatic heterocycles. The summed E-state index contributed by atoms with van der Waals surface area (Å²) in [6, 6.07) is 15.3. The normalized spacial score (nSPS) is 12.0. The highest BCUT2D eigenvalue weighted by molar-refractivity contribution is 8.00. The first kappa shape index (κ1) is 20.4. The Hall–Kier alpha value is -2.31. The van der Waals surface area contributed by atoms with Crippen LogP contribution in [-0.2, 0) is 11.3 Å². The summed E-state index contributed by atoms with van der Waals surface area (Å²) in [5, 5.41) is 12.8. The Labute approximate surface area is 174 Å². The van der Waals surface area contributed by atoms with Crippen molar-refractivity contribution in [1.82, 2.24) is 14.8 Å². The molecule has 1 amide bonds. The molecule has 0 saturated carbocycles. The Morgan fingerprint density at radius 1 is 1.14 bits per heavy atom. The van der Waals surface area contributed by atoms with Gasteiger partial charge in [-0.25, -0.2) is 0 Å². The summed E-state index contributed by atoms with van der Waals surface area (Å²) in [4.78, 5) is 12.6. The highest BCUT2D eigenvalue weighted by Crippen LogP contribution is 2.28. The van der Waals surface area contributed by atoms with E-state index in [2.05, 4.69) is 27.0 Å². The fraction of sp³-hybridized carbons (Fsp3) is 0.286. The largest absolute Gasteiger partial charge is 0.325 e. The van der Waals surface area contributed by atoms with E-state index in [1.807, 2.05) is 62.4 Å². The first-order chi connectivity index (χ1) is 13.5. The summed E-state index contributed by atoms with van der Waals surface area (Å²) in [6.45, 7) is 6.78. The second-order valence-electron chi connectivity index (χ2n) is 6.58. The number of carbonyl (C=O) groups is 1. The third-order valence-electron chi connectivity index (χ3n) is 4.24. The van der Waals surface area contributed by atoms with Gasteiger partial charge in [0.1, 0.15) is 0 Å². The summed E-state index contributed by atoms with van der Waals surface area (Å²) in [6.07, 6.45) is 0.941. The van der Waals surface area contributed by atoms with Gasteiger partial charge in [0.2, 0.25) is 5.91 Å². The van der Waals surface area contributed by atoms with Crippen molar-refractivity contribution >= 4 is 35.0 Å². The number of halogens is 1. The Bertz CT molecular complexity index is 938. The van der Waals surface area contributed by atoms with Crippen LogP contribution < -0.4 is 5.32 Å². The molecule has 0 aliphatic carbocycles. The van der Waals surface area contributed by atoms with Gasteiger partial charge in [0, 0.05) is 22.8 Å². The van der Waals surface area contributed by atoms with Crippen LogP contribution in [0.25, 0.3) is 11.4 Å². The quantitative estimate of drug-likeness (QED) is 0.523. The van der Waals surface area contributed by atoms with Crippen LogP contribution in [0.5, 0.6) is 0 Å². The van der Waals surface area contributed by atoms with Crippen LogP contribution in [0.3, 0.4) is 0 Å². The molecular weight excluding hydrogens is 392 g/mol. The van der Waals surface area contributed by atoms with Crippen molar-refractivity contribution < 1.29 is 4.79 Å². The number of hydrogen-bond acceptors (Lipinski definition) is 4. The summed E-state index contributed by atoms with van der Waals surface area (Å²) in [7, 11) is 0. The Kier molecular flexibility index (Phi) is 6.75. The van der Waals surface area contributed by atoms with Crippen molar-refractivity contribution in [3.05, 3.63) is 59.1 Å². The predicted molar refractivity (Wildman–Crippen MR) is 116 cm³/mol. The molecule has 2 aromatic carbocycles. The van der Waals surface area contributed by atoms with E-state index in [0.29, 0.717) is 5.02 Å². The molecule has 3 rings (SSSR count). The number of nitrogens with one attached hydrogen (secondary N) is 1. The number of aromatic nitrogens is 3. The molecule has 0 aliphatic rings. The maximum absolute atomic E-state index is 12.6. The van der Waals surface area contributed by atoms with Crippen LogP contribution >= 0.6 is 23.4 Å². The van der Waals surface area contributed by atoms with Gasteiger partial charge in [0.05, 0.1) is 5.25 Å². The lowest BCUT2D eigenvalue weighted by molar-refractivity contribution is -0.115. The van der Waals surface area contributed by atoms with Crippen molar-refractivity contribution in [1.29, 1.82) is 0 Å². The molecule has 0 bridgehead atoms. The lowest BCUT2D eigenvalue weighted by Gasteiger charge is -2.13. The number of carbonyl (C=O) groups excluding carboxylic acids is 1. The minimum absolute atomic E-state index is 0.0621. The van der Waals surface area contributed by atoms with Crippen LogP contribution in [0.2, 0.25) is 5.02 Å². The molecule has 1 heterocycles. The topological polar surface area (TPSA) is 59.8 Å². The number of rotatable bonds is 7. The molecule has 1 N–H and O–H groups in total. The van der Waals surface area contributed by atoms with Gasteiger partial charge >= 0.3 is 0 Å². The van der Waals surface area contributed by atoms with E-state index in [-0.39, 0.29) is 11.2 Å². The van der Waals surface area contributed by atoms with E-state index in [1.54, 1.807) is 0 Å². The molecule has 0 spiro atoms. The van der Waals surface area contributed by atoms with Crippen LogP contribution in [0.4, 0.5) is 5.69 Å². The number of benzene rings is 2. The third-order valence-corrected chi connectivity index (χ3v) is 5.57. The smallest absolute Gasteiger partial charge is 0.237 e. The molecule has 0 fully saturated rings. The monoisotopic (exact) mass is 414 g/mol. The molecule has 5 nitrogen and oxygen atoms in total. The zero-order valence-electron chi connectivity index (χ0n) is 16.1. The standard InChI is InChI=1S/C21H23ClN4OS/c1-4-13-26-19(16-7-9-17(22)10-8-16)24-25-21(26)28-15(3)20(27)23-18-11-5-14(2)6-12-18/h5-12,15H,4,13H2,1-3H3,(H,23,27)/t15-/m1/s1. The summed E-state index contributed by atoms with van der Waals surface area (Å²) in [5.41, 5.74) is 2.90. The lowest BCUT2D eigenvalue weighted by atomic mass is 10.2. The Morgan fingerprint density at radius 3 is 2.46 bits per heavy atom. The van der Waals surface area contributed by atoms with Crippen LogP contribution in [-0.4, -0.2) is 25.9 Å². The van der Waals surface area contributed by atoms with E-state index in [9.17, 15) is 4.79 Å². The minimum atomic E-state index is -0.306. The van der Waals surface area contributed by atoms with Gasteiger partial charge in [-0.1, -0.05) is 48.0 Å². The maximum atomic E-state index is 12.6. The van der Waals surface area contributed by atoms with Gasteiger partial charge in [-0.15, -0.1) is 10.2 Å². The fourth-order valence-corrected chi connectivity index (χ4v) is 3.71. The van der Waals surface area contributed by atoms with Gasteiger partial charge in [-0.3, -0.25) is 4.79 Å². The highest BCUT2D eigenvalue weighted by atomic mass is 35.5. The molecule has 0 unspecified atom stereocenters. The van der Waals surface area contributed by atoms with Crippen LogP contribution in [0, 0.1) is 6.92 Å². The number of hydrogen-bond donors (Lipinski definition) is 1. The molecule has 1 atom stereocenters. The van der Waals surface area contributed by atoms with E-state index < -0.39 is 0 Å². The second-order valence-corrected chi connectivity index (χ2v) is 8.32. The highest BCUT2D eigenvalue weighted by Gasteiger charge is 2.20. The van der Waals surface area contributed by atoms with E-state index in [4.69, 9.17) is 11.6 Å². The van der Waals surface area contributed by atoms with E-state index in [1.165, 1.54) is 11.8 Å². The molecule has 146 valence electrons. The van der Waals surface area contributed by atoms with E-state index in [0.717, 1.165) is 40.8 Å². The third kappa shape index (κ3) is 4.94. The van der Waals surface area contributed by atoms with Gasteiger partial charge in [0.15, 0.2) is 11.0 Å². The summed E-state index contributed by atoms with van der Waals surface area (Å²) < 4.78 is 2.06. The molecule has 0 saturated heterocycles. The fourth-order valence-electron chi connectivity index (χ4n) is 2.71. The Morgan fingerprint density at radius 2 is 1.82 bits per heavy atom. The van der Waals surface area contributed by atoms with Crippen LogP contribution in [0.15, 0.2) is 53.7 Å². The molecule has 3 aromatic rings. The number of thioether (sulfide) groups is 1. The Balaban J connectivity index is 1.76. The maximum Gasteiger partial charge on any atom is 0.237 e. The van der Waals surface area contributed by atoms with Gasteiger partial charge in [-0.05, 0) is 56.7 Å². The van der Waals surface area contributed by atoms with Crippen LogP contribution in [0.1, 0.15) is 25.8 Å². The van der Waals surface area contributed by atoms with Crippen molar-refractivity contribution in [2.75, 3.05) is 5.32 Å². The lowest BCUT2D eigenvalue weighted by Crippen LogP contribution is -2.23. The second kappa shape index (κ2) is 9.26. The molecule has 1 aromatic heterocycles. The summed E-state index contributed by atoms with van der Waals surface area (Å²) >= 11 is 7.40. The van der Waals surface area contributed by atoms with Crippen molar-refractivity contribution in [3.63, 3.8) is 0 Å². The minimum Gasteiger partial charge on any atom is -0.325 e. The number of amides is 1.